The number of sulfone groups is 1. The molecule has 1 heterocycles. The summed E-state index contributed by atoms with van der Waals surface area (Å²) in [5.74, 6) is 0.632. The quantitative estimate of drug-likeness (QED) is 0.834. The Morgan fingerprint density at radius 2 is 2.00 bits per heavy atom. The molecule has 1 saturated heterocycles. The summed E-state index contributed by atoms with van der Waals surface area (Å²) in [5.41, 5.74) is 0.237. The fourth-order valence-electron chi connectivity index (χ4n) is 2.75. The van der Waals surface area contributed by atoms with E-state index in [1.165, 1.54) is 0 Å². The van der Waals surface area contributed by atoms with Crippen LogP contribution >= 0.6 is 0 Å². The zero-order valence-electron chi connectivity index (χ0n) is 13.1. The van der Waals surface area contributed by atoms with E-state index >= 15 is 0 Å². The minimum atomic E-state index is -2.80. The average molecular weight is 290 g/mol. The van der Waals surface area contributed by atoms with E-state index in [4.69, 9.17) is 0 Å². The SMILES string of the molecule is CCNC(CCN1CCS(=O)(=O)CC1C)C(C)(C)C. The normalized spacial score (nSPS) is 26.3. The molecular weight excluding hydrogens is 260 g/mol. The smallest absolute Gasteiger partial charge is 0.153 e. The van der Waals surface area contributed by atoms with Gasteiger partial charge in [0, 0.05) is 18.6 Å². The molecule has 1 aliphatic heterocycles. The molecule has 2 atom stereocenters. The fraction of sp³-hybridized carbons (Fsp3) is 1.00. The Kier molecular flexibility index (Phi) is 5.83. The van der Waals surface area contributed by atoms with Crippen LogP contribution in [-0.2, 0) is 9.84 Å². The first-order valence-corrected chi connectivity index (χ1v) is 9.15. The number of hydrogen-bond donors (Lipinski definition) is 1. The second-order valence-electron chi connectivity index (χ2n) is 6.76. The molecule has 114 valence electrons. The van der Waals surface area contributed by atoms with Crippen LogP contribution in [0.15, 0.2) is 0 Å². The summed E-state index contributed by atoms with van der Waals surface area (Å²) < 4.78 is 23.1. The molecule has 2 unspecified atom stereocenters. The maximum Gasteiger partial charge on any atom is 0.153 e. The molecule has 0 saturated carbocycles. The second kappa shape index (κ2) is 6.55. The third-order valence-corrected chi connectivity index (χ3v) is 5.80. The monoisotopic (exact) mass is 290 g/mol. The lowest BCUT2D eigenvalue weighted by Gasteiger charge is -2.37. The van der Waals surface area contributed by atoms with Crippen molar-refractivity contribution in [1.29, 1.82) is 0 Å². The first-order valence-electron chi connectivity index (χ1n) is 7.33. The highest BCUT2D eigenvalue weighted by Crippen LogP contribution is 2.23. The Labute approximate surface area is 118 Å². The molecular formula is C14H30N2O2S. The molecule has 0 bridgehead atoms. The van der Waals surface area contributed by atoms with Gasteiger partial charge >= 0.3 is 0 Å². The van der Waals surface area contributed by atoms with Crippen molar-refractivity contribution in [1.82, 2.24) is 10.2 Å². The van der Waals surface area contributed by atoms with Crippen LogP contribution in [0, 0.1) is 5.41 Å². The number of rotatable bonds is 5. The molecule has 0 amide bonds. The lowest BCUT2D eigenvalue weighted by atomic mass is 9.84. The van der Waals surface area contributed by atoms with Crippen molar-refractivity contribution in [2.75, 3.05) is 31.1 Å². The van der Waals surface area contributed by atoms with Gasteiger partial charge in [-0.1, -0.05) is 27.7 Å². The lowest BCUT2D eigenvalue weighted by Crippen LogP contribution is -2.49. The van der Waals surface area contributed by atoms with E-state index in [0.29, 0.717) is 24.1 Å². The highest BCUT2D eigenvalue weighted by Gasteiger charge is 2.30. The van der Waals surface area contributed by atoms with Gasteiger partial charge < -0.3 is 5.32 Å². The molecule has 1 N–H and O–H groups in total. The zero-order valence-corrected chi connectivity index (χ0v) is 13.9. The second-order valence-corrected chi connectivity index (χ2v) is 8.99. The van der Waals surface area contributed by atoms with Gasteiger partial charge in [-0.25, -0.2) is 8.42 Å². The molecule has 1 aliphatic rings. The standard InChI is InChI=1S/C14H30N2O2S/c1-6-15-13(14(3,4)5)7-8-16-9-10-19(17,18)11-12(16)2/h12-13,15H,6-11H2,1-5H3. The van der Waals surface area contributed by atoms with Crippen molar-refractivity contribution in [3.8, 4) is 0 Å². The van der Waals surface area contributed by atoms with Crippen molar-refractivity contribution in [2.24, 2.45) is 5.41 Å². The van der Waals surface area contributed by atoms with Crippen molar-refractivity contribution in [3.63, 3.8) is 0 Å². The van der Waals surface area contributed by atoms with Gasteiger partial charge in [0.1, 0.15) is 0 Å². The van der Waals surface area contributed by atoms with Gasteiger partial charge in [-0.3, -0.25) is 4.90 Å². The van der Waals surface area contributed by atoms with Gasteiger partial charge in [0.2, 0.25) is 0 Å². The molecule has 19 heavy (non-hydrogen) atoms. The summed E-state index contributed by atoms with van der Waals surface area (Å²) in [6.45, 7) is 13.6. The third kappa shape index (κ3) is 5.40. The van der Waals surface area contributed by atoms with E-state index in [1.807, 2.05) is 6.92 Å². The van der Waals surface area contributed by atoms with E-state index < -0.39 is 9.84 Å². The van der Waals surface area contributed by atoms with Crippen LogP contribution in [0.4, 0.5) is 0 Å². The van der Waals surface area contributed by atoms with Gasteiger partial charge in [0.05, 0.1) is 11.5 Å². The summed E-state index contributed by atoms with van der Waals surface area (Å²) in [6, 6.07) is 0.629. The fourth-order valence-corrected chi connectivity index (χ4v) is 4.37. The van der Waals surface area contributed by atoms with Gasteiger partial charge in [0.15, 0.2) is 9.84 Å². The van der Waals surface area contributed by atoms with Crippen molar-refractivity contribution in [3.05, 3.63) is 0 Å². The first kappa shape index (κ1) is 16.9. The maximum atomic E-state index is 11.6. The van der Waals surface area contributed by atoms with Gasteiger partial charge in [-0.15, -0.1) is 0 Å². The first-order chi connectivity index (χ1) is 8.65. The highest BCUT2D eigenvalue weighted by atomic mass is 32.2. The van der Waals surface area contributed by atoms with Gasteiger partial charge in [0.25, 0.3) is 0 Å². The van der Waals surface area contributed by atoms with Gasteiger partial charge in [-0.2, -0.15) is 0 Å². The summed E-state index contributed by atoms with van der Waals surface area (Å²) >= 11 is 0. The van der Waals surface area contributed by atoms with E-state index in [-0.39, 0.29) is 11.5 Å². The molecule has 1 rings (SSSR count). The Morgan fingerprint density at radius 3 is 2.47 bits per heavy atom. The van der Waals surface area contributed by atoms with Crippen LogP contribution in [0.1, 0.15) is 41.0 Å². The van der Waals surface area contributed by atoms with Crippen molar-refractivity contribution in [2.45, 2.75) is 53.1 Å². The lowest BCUT2D eigenvalue weighted by molar-refractivity contribution is 0.182. The molecule has 0 radical (unpaired) electrons. The van der Waals surface area contributed by atoms with E-state index in [0.717, 1.165) is 19.5 Å². The summed E-state index contributed by atoms with van der Waals surface area (Å²) in [5, 5.41) is 3.55. The predicted octanol–water partition coefficient (Wildman–Crippen LogP) is 1.52. The van der Waals surface area contributed by atoms with Gasteiger partial charge in [-0.05, 0) is 31.8 Å². The molecule has 0 aliphatic carbocycles. The Hall–Kier alpha value is -0.130. The van der Waals surface area contributed by atoms with Crippen LogP contribution in [-0.4, -0.2) is 56.5 Å². The maximum absolute atomic E-state index is 11.6. The molecule has 0 aromatic heterocycles. The van der Waals surface area contributed by atoms with Crippen LogP contribution in [0.2, 0.25) is 0 Å². The number of nitrogens with zero attached hydrogens (tertiary/aromatic N) is 1. The summed E-state index contributed by atoms with van der Waals surface area (Å²) in [7, 11) is -2.80. The Bertz CT molecular complexity index is 373. The molecule has 5 heteroatoms. The minimum absolute atomic E-state index is 0.154. The van der Waals surface area contributed by atoms with Crippen molar-refractivity contribution < 1.29 is 8.42 Å². The minimum Gasteiger partial charge on any atom is -0.314 e. The Morgan fingerprint density at radius 1 is 1.37 bits per heavy atom. The van der Waals surface area contributed by atoms with Crippen molar-refractivity contribution >= 4 is 9.84 Å². The van der Waals surface area contributed by atoms with Crippen LogP contribution < -0.4 is 5.32 Å². The topological polar surface area (TPSA) is 49.4 Å². The zero-order chi connectivity index (χ0) is 14.7. The third-order valence-electron chi connectivity index (χ3n) is 4.01. The van der Waals surface area contributed by atoms with E-state index in [1.54, 1.807) is 0 Å². The predicted molar refractivity (Wildman–Crippen MR) is 81.2 cm³/mol. The summed E-state index contributed by atoms with van der Waals surface area (Å²) in [4.78, 5) is 2.32. The van der Waals surface area contributed by atoms with Crippen LogP contribution in [0.25, 0.3) is 0 Å². The molecule has 0 spiro atoms. The highest BCUT2D eigenvalue weighted by molar-refractivity contribution is 7.91. The average Bonchev–Trinajstić information content (AvgIpc) is 2.23. The van der Waals surface area contributed by atoms with E-state index in [2.05, 4.69) is 37.9 Å². The van der Waals surface area contributed by atoms with Crippen LogP contribution in [0.5, 0.6) is 0 Å². The molecule has 4 nitrogen and oxygen atoms in total. The van der Waals surface area contributed by atoms with E-state index in [9.17, 15) is 8.42 Å². The summed E-state index contributed by atoms with van der Waals surface area (Å²) in [6.07, 6.45) is 1.07. The largest absolute Gasteiger partial charge is 0.314 e. The number of nitrogens with one attached hydrogen (secondary N) is 1. The number of hydrogen-bond acceptors (Lipinski definition) is 4. The molecule has 1 fully saturated rings. The van der Waals surface area contributed by atoms with Crippen LogP contribution in [0.3, 0.4) is 0 Å². The Balaban J connectivity index is 2.51. The molecule has 0 aromatic carbocycles. The molecule has 0 aromatic rings.